The number of nitrogens with one attached hydrogen (secondary N) is 1. The van der Waals surface area contributed by atoms with Gasteiger partial charge >= 0.3 is 6.09 Å². The number of halogens is 3. The molecule has 11 heteroatoms. The third-order valence-electron chi connectivity index (χ3n) is 5.92. The molecule has 0 aliphatic carbocycles. The number of fused-ring (bicyclic) bond motifs is 3. The zero-order valence-electron chi connectivity index (χ0n) is 19.0. The molecule has 3 aromatic rings. The highest BCUT2D eigenvalue weighted by Crippen LogP contribution is 2.37. The summed E-state index contributed by atoms with van der Waals surface area (Å²) in [7, 11) is -3.87. The first kappa shape index (κ1) is 26.1. The number of hydrogen-bond donors (Lipinski definition) is 1. The number of hydrogen-bond acceptors (Lipinski definition) is 5. The van der Waals surface area contributed by atoms with Gasteiger partial charge in [0.25, 0.3) is 10.1 Å². The standard InChI is InChI=1S/C24H25Cl3N2O5S/c1-16-8-10-17(11-9-16)35(31,32)34-14-4-7-21-22-19(18-5-2-3-6-20(18)28-22)12-13-29(21)23(30)33-15-24(25,26)27/h2-3,5-6,8-11,21,28H,4,7,12-15H2,1H3. The lowest BCUT2D eigenvalue weighted by Gasteiger charge is -2.35. The third kappa shape index (κ3) is 6.24. The van der Waals surface area contributed by atoms with E-state index >= 15 is 0 Å². The van der Waals surface area contributed by atoms with Crippen LogP contribution in [0, 0.1) is 6.92 Å². The van der Waals surface area contributed by atoms with Crippen molar-refractivity contribution in [2.45, 2.75) is 40.9 Å². The summed E-state index contributed by atoms with van der Waals surface area (Å²) in [5.74, 6) is 0. The van der Waals surface area contributed by atoms with Crippen LogP contribution >= 0.6 is 34.8 Å². The van der Waals surface area contributed by atoms with Gasteiger partial charge < -0.3 is 9.72 Å². The molecule has 188 valence electrons. The first-order valence-corrected chi connectivity index (χ1v) is 13.6. The smallest absolute Gasteiger partial charge is 0.410 e. The van der Waals surface area contributed by atoms with Crippen LogP contribution in [0.15, 0.2) is 53.4 Å². The molecule has 0 fully saturated rings. The first-order valence-electron chi connectivity index (χ1n) is 11.1. The first-order chi connectivity index (χ1) is 16.5. The van der Waals surface area contributed by atoms with E-state index in [1.807, 2.05) is 31.2 Å². The van der Waals surface area contributed by atoms with Gasteiger partial charge in [-0.05, 0) is 49.9 Å². The number of para-hydroxylation sites is 1. The van der Waals surface area contributed by atoms with Crippen molar-refractivity contribution in [2.75, 3.05) is 19.8 Å². The van der Waals surface area contributed by atoms with Crippen LogP contribution in [0.1, 0.15) is 35.7 Å². The molecule has 35 heavy (non-hydrogen) atoms. The maximum Gasteiger partial charge on any atom is 0.410 e. The number of alkyl halides is 3. The zero-order chi connectivity index (χ0) is 25.2. The highest BCUT2D eigenvalue weighted by Gasteiger charge is 2.35. The maximum atomic E-state index is 12.9. The van der Waals surface area contributed by atoms with Gasteiger partial charge in [-0.15, -0.1) is 0 Å². The zero-order valence-corrected chi connectivity index (χ0v) is 22.1. The molecule has 1 unspecified atom stereocenters. The Labute approximate surface area is 219 Å². The van der Waals surface area contributed by atoms with E-state index < -0.39 is 20.0 Å². The fourth-order valence-electron chi connectivity index (χ4n) is 4.28. The van der Waals surface area contributed by atoms with Crippen LogP contribution in [0.3, 0.4) is 0 Å². The second-order valence-electron chi connectivity index (χ2n) is 8.42. The predicted molar refractivity (Wildman–Crippen MR) is 137 cm³/mol. The minimum atomic E-state index is -3.87. The number of H-pyrrole nitrogens is 1. The molecule has 0 radical (unpaired) electrons. The molecule has 1 aliphatic rings. The largest absolute Gasteiger partial charge is 0.445 e. The van der Waals surface area contributed by atoms with E-state index in [9.17, 15) is 13.2 Å². The van der Waals surface area contributed by atoms with Gasteiger partial charge in [0.2, 0.25) is 3.79 Å². The van der Waals surface area contributed by atoms with Crippen molar-refractivity contribution in [2.24, 2.45) is 0 Å². The molecule has 1 N–H and O–H groups in total. The summed E-state index contributed by atoms with van der Waals surface area (Å²) in [6, 6.07) is 14.0. The molecule has 0 spiro atoms. The van der Waals surface area contributed by atoms with Crippen molar-refractivity contribution in [1.82, 2.24) is 9.88 Å². The lowest BCUT2D eigenvalue weighted by Crippen LogP contribution is -2.41. The molecule has 0 saturated heterocycles. The Balaban J connectivity index is 1.49. The predicted octanol–water partition coefficient (Wildman–Crippen LogP) is 6.07. The van der Waals surface area contributed by atoms with Crippen LogP contribution in [-0.4, -0.2) is 47.9 Å². The number of nitrogens with zero attached hydrogens (tertiary/aromatic N) is 1. The molecule has 2 heterocycles. The average Bonchev–Trinajstić information content (AvgIpc) is 3.19. The van der Waals surface area contributed by atoms with Crippen molar-refractivity contribution in [3.05, 3.63) is 65.4 Å². The van der Waals surface area contributed by atoms with Gasteiger partial charge in [-0.1, -0.05) is 70.7 Å². The quantitative estimate of drug-likeness (QED) is 0.216. The number of aromatic nitrogens is 1. The van der Waals surface area contributed by atoms with Crippen molar-refractivity contribution in [1.29, 1.82) is 0 Å². The monoisotopic (exact) mass is 558 g/mol. The molecule has 7 nitrogen and oxygen atoms in total. The van der Waals surface area contributed by atoms with Gasteiger partial charge in [-0.3, -0.25) is 9.08 Å². The maximum absolute atomic E-state index is 12.9. The van der Waals surface area contributed by atoms with Crippen LogP contribution in [0.4, 0.5) is 4.79 Å². The van der Waals surface area contributed by atoms with E-state index in [0.717, 1.165) is 27.7 Å². The van der Waals surface area contributed by atoms with Gasteiger partial charge in [0.15, 0.2) is 0 Å². The topological polar surface area (TPSA) is 88.7 Å². The molecule has 1 aromatic heterocycles. The van der Waals surface area contributed by atoms with Crippen LogP contribution in [0.5, 0.6) is 0 Å². The third-order valence-corrected chi connectivity index (χ3v) is 7.58. The van der Waals surface area contributed by atoms with E-state index in [1.165, 1.54) is 12.1 Å². The van der Waals surface area contributed by atoms with E-state index in [-0.39, 0.29) is 24.2 Å². The number of aryl methyl sites for hydroxylation is 1. The molecule has 0 bridgehead atoms. The Kier molecular flexibility index (Phi) is 7.88. The van der Waals surface area contributed by atoms with Crippen molar-refractivity contribution >= 4 is 61.9 Å². The normalized spacial score (nSPS) is 16.3. The van der Waals surface area contributed by atoms with Crippen LogP contribution in [0.25, 0.3) is 10.9 Å². The van der Waals surface area contributed by atoms with Crippen LogP contribution < -0.4 is 0 Å². The number of benzene rings is 2. The average molecular weight is 560 g/mol. The fraction of sp³-hybridized carbons (Fsp3) is 0.375. The molecule has 1 amide bonds. The highest BCUT2D eigenvalue weighted by atomic mass is 35.6. The molecule has 2 aromatic carbocycles. The lowest BCUT2D eigenvalue weighted by molar-refractivity contribution is 0.0795. The Morgan fingerprint density at radius 2 is 1.86 bits per heavy atom. The van der Waals surface area contributed by atoms with Crippen LogP contribution in [0.2, 0.25) is 0 Å². The van der Waals surface area contributed by atoms with Gasteiger partial charge in [0.05, 0.1) is 17.5 Å². The number of ether oxygens (including phenoxy) is 1. The summed E-state index contributed by atoms with van der Waals surface area (Å²) in [6.45, 7) is 1.89. The second kappa shape index (κ2) is 10.6. The second-order valence-corrected chi connectivity index (χ2v) is 12.6. The van der Waals surface area contributed by atoms with Gasteiger partial charge in [-0.2, -0.15) is 8.42 Å². The summed E-state index contributed by atoms with van der Waals surface area (Å²) < 4.78 is 33.8. The molecule has 1 atom stereocenters. The van der Waals surface area contributed by atoms with Crippen LogP contribution in [-0.2, 0) is 25.5 Å². The Bertz CT molecular complexity index is 1300. The summed E-state index contributed by atoms with van der Waals surface area (Å²) in [5.41, 5.74) is 3.95. The fourth-order valence-corrected chi connectivity index (χ4v) is 5.39. The summed E-state index contributed by atoms with van der Waals surface area (Å²) in [6.07, 6.45) is 0.876. The van der Waals surface area contributed by atoms with Crippen molar-refractivity contribution in [3.63, 3.8) is 0 Å². The number of carbonyl (C=O) groups excluding carboxylic acids is 1. The molecule has 4 rings (SSSR count). The lowest BCUT2D eigenvalue weighted by atomic mass is 9.95. The van der Waals surface area contributed by atoms with Crippen molar-refractivity contribution < 1.29 is 22.1 Å². The molecular weight excluding hydrogens is 535 g/mol. The minimum Gasteiger partial charge on any atom is -0.445 e. The Morgan fingerprint density at radius 3 is 2.57 bits per heavy atom. The number of amides is 1. The Morgan fingerprint density at radius 1 is 1.14 bits per heavy atom. The van der Waals surface area contributed by atoms with Crippen molar-refractivity contribution in [3.8, 4) is 0 Å². The molecule has 1 aliphatic heterocycles. The van der Waals surface area contributed by atoms with E-state index in [1.54, 1.807) is 17.0 Å². The van der Waals surface area contributed by atoms with Gasteiger partial charge in [-0.25, -0.2) is 4.79 Å². The number of aromatic amines is 1. The highest BCUT2D eigenvalue weighted by molar-refractivity contribution is 7.86. The minimum absolute atomic E-state index is 0.0285. The van der Waals surface area contributed by atoms with E-state index in [2.05, 4.69) is 4.98 Å². The number of rotatable bonds is 7. The van der Waals surface area contributed by atoms with E-state index in [0.29, 0.717) is 25.8 Å². The van der Waals surface area contributed by atoms with Gasteiger partial charge in [0.1, 0.15) is 6.61 Å². The van der Waals surface area contributed by atoms with Gasteiger partial charge in [0, 0.05) is 23.1 Å². The SMILES string of the molecule is Cc1ccc(S(=O)(=O)OCCCC2c3[nH]c4ccccc4c3CCN2C(=O)OCC(Cl)(Cl)Cl)cc1. The summed E-state index contributed by atoms with van der Waals surface area (Å²) in [5, 5.41) is 1.10. The molecular formula is C24H25Cl3N2O5S. The van der Waals surface area contributed by atoms with E-state index in [4.69, 9.17) is 43.7 Å². The summed E-state index contributed by atoms with van der Waals surface area (Å²) >= 11 is 17.2. The molecule has 0 saturated carbocycles. The summed E-state index contributed by atoms with van der Waals surface area (Å²) in [4.78, 5) is 18.0. The number of carbonyl (C=O) groups is 1. The Hall–Kier alpha value is -1.97.